The summed E-state index contributed by atoms with van der Waals surface area (Å²) in [5.41, 5.74) is 0.476. The van der Waals surface area contributed by atoms with Crippen molar-refractivity contribution in [2.24, 2.45) is 0 Å². The Morgan fingerprint density at radius 2 is 2.36 bits per heavy atom. The van der Waals surface area contributed by atoms with Crippen LogP contribution in [0.25, 0.3) is 0 Å². The number of rotatable bonds is 2. The molecule has 58 valence electrons. The number of pyridine rings is 1. The molecule has 0 spiro atoms. The van der Waals surface area contributed by atoms with E-state index in [0.29, 0.717) is 11.0 Å². The van der Waals surface area contributed by atoms with Gasteiger partial charge in [0.05, 0.1) is 5.33 Å². The van der Waals surface area contributed by atoms with Gasteiger partial charge in [-0.3, -0.25) is 9.78 Å². The number of Topliss-reactive ketones (excluding diaryl/α,β-unsaturated/α-hetero) is 1. The lowest BCUT2D eigenvalue weighted by Crippen LogP contribution is -2.03. The van der Waals surface area contributed by atoms with Gasteiger partial charge in [-0.2, -0.15) is 0 Å². The van der Waals surface area contributed by atoms with Crippen LogP contribution < -0.4 is 0 Å². The minimum absolute atomic E-state index is 0.0162. The summed E-state index contributed by atoms with van der Waals surface area (Å²) in [6, 6.07) is 3.57. The monoisotopic (exact) mass is 277 g/mol. The highest BCUT2D eigenvalue weighted by atomic mass is 79.9. The second-order valence-corrected chi connectivity index (χ2v) is 3.31. The van der Waals surface area contributed by atoms with Gasteiger partial charge in [0.25, 0.3) is 0 Å². The van der Waals surface area contributed by atoms with E-state index < -0.39 is 0 Å². The molecule has 0 aliphatic heterocycles. The summed E-state index contributed by atoms with van der Waals surface area (Å²) in [7, 11) is 0. The van der Waals surface area contributed by atoms with Crippen LogP contribution in [0.3, 0.4) is 0 Å². The fourth-order valence-electron chi connectivity index (χ4n) is 0.654. The molecule has 0 unspecified atom stereocenters. The van der Waals surface area contributed by atoms with Crippen molar-refractivity contribution in [1.29, 1.82) is 0 Å². The third-order valence-electron chi connectivity index (χ3n) is 1.14. The molecule has 0 atom stereocenters. The standard InChI is InChI=1S/C7H5Br2NO/c8-4-6(11)7-5(9)2-1-3-10-7/h1-3H,4H2. The Labute approximate surface area is 81.3 Å². The molecule has 0 saturated heterocycles. The Balaban J connectivity index is 3.03. The maximum Gasteiger partial charge on any atom is 0.192 e. The third kappa shape index (κ3) is 2.10. The van der Waals surface area contributed by atoms with E-state index in [1.807, 2.05) is 0 Å². The first-order valence-corrected chi connectivity index (χ1v) is 4.87. The van der Waals surface area contributed by atoms with E-state index in [1.54, 1.807) is 18.3 Å². The van der Waals surface area contributed by atoms with Gasteiger partial charge in [0, 0.05) is 10.7 Å². The summed E-state index contributed by atoms with van der Waals surface area (Å²) in [6.45, 7) is 0. The minimum Gasteiger partial charge on any atom is -0.291 e. The molecule has 1 heterocycles. The van der Waals surface area contributed by atoms with Gasteiger partial charge in [0.2, 0.25) is 0 Å². The Kier molecular flexibility index (Phi) is 3.20. The number of nitrogens with zero attached hydrogens (tertiary/aromatic N) is 1. The summed E-state index contributed by atoms with van der Waals surface area (Å²) < 4.78 is 0.740. The van der Waals surface area contributed by atoms with Crippen molar-refractivity contribution >= 4 is 37.6 Å². The second kappa shape index (κ2) is 3.97. The van der Waals surface area contributed by atoms with Gasteiger partial charge < -0.3 is 0 Å². The average molecular weight is 279 g/mol. The molecule has 0 aliphatic carbocycles. The van der Waals surface area contributed by atoms with Gasteiger partial charge in [0.15, 0.2) is 5.78 Å². The molecule has 2 nitrogen and oxygen atoms in total. The molecular formula is C7H5Br2NO. The van der Waals surface area contributed by atoms with Crippen molar-refractivity contribution in [1.82, 2.24) is 4.98 Å². The van der Waals surface area contributed by atoms with Gasteiger partial charge in [-0.25, -0.2) is 0 Å². The highest BCUT2D eigenvalue weighted by Crippen LogP contribution is 2.14. The number of ketones is 1. The van der Waals surface area contributed by atoms with Gasteiger partial charge in [-0.05, 0) is 28.1 Å². The first kappa shape index (κ1) is 8.87. The van der Waals surface area contributed by atoms with Crippen molar-refractivity contribution in [3.05, 3.63) is 28.5 Å². The summed E-state index contributed by atoms with van der Waals surface area (Å²) in [5, 5.41) is 0.308. The average Bonchev–Trinajstić information content (AvgIpc) is 2.04. The number of carbonyl (C=O) groups is 1. The predicted octanol–water partition coefficient (Wildman–Crippen LogP) is 2.42. The lowest BCUT2D eigenvalue weighted by molar-refractivity contribution is 0.101. The number of carbonyl (C=O) groups excluding carboxylic acids is 1. The van der Waals surface area contributed by atoms with Crippen molar-refractivity contribution in [2.45, 2.75) is 0 Å². The third-order valence-corrected chi connectivity index (χ3v) is 2.29. The molecule has 1 rings (SSSR count). The first-order chi connectivity index (χ1) is 5.25. The van der Waals surface area contributed by atoms with Crippen molar-refractivity contribution in [2.75, 3.05) is 5.33 Å². The van der Waals surface area contributed by atoms with Crippen LogP contribution in [0.1, 0.15) is 10.5 Å². The quantitative estimate of drug-likeness (QED) is 0.614. The maximum absolute atomic E-state index is 11.1. The predicted molar refractivity (Wildman–Crippen MR) is 50.1 cm³/mol. The molecule has 0 N–H and O–H groups in total. The number of halogens is 2. The summed E-state index contributed by atoms with van der Waals surface area (Å²) >= 11 is 6.31. The van der Waals surface area contributed by atoms with Crippen LogP contribution in [0, 0.1) is 0 Å². The Hall–Kier alpha value is -0.220. The molecule has 4 heteroatoms. The van der Waals surface area contributed by atoms with Crippen molar-refractivity contribution in [3.63, 3.8) is 0 Å². The Morgan fingerprint density at radius 3 is 2.91 bits per heavy atom. The topological polar surface area (TPSA) is 30.0 Å². The Morgan fingerprint density at radius 1 is 1.64 bits per heavy atom. The van der Waals surface area contributed by atoms with Crippen molar-refractivity contribution < 1.29 is 4.79 Å². The van der Waals surface area contributed by atoms with E-state index in [4.69, 9.17) is 0 Å². The molecule has 1 aromatic rings. The van der Waals surface area contributed by atoms with E-state index >= 15 is 0 Å². The van der Waals surface area contributed by atoms with Gasteiger partial charge >= 0.3 is 0 Å². The van der Waals surface area contributed by atoms with E-state index in [0.717, 1.165) is 4.47 Å². The van der Waals surface area contributed by atoms with Crippen LogP contribution in [-0.2, 0) is 0 Å². The van der Waals surface area contributed by atoms with Crippen LogP contribution in [0.5, 0.6) is 0 Å². The number of hydrogen-bond acceptors (Lipinski definition) is 2. The summed E-state index contributed by atoms with van der Waals surface area (Å²) in [5.74, 6) is -0.0162. The van der Waals surface area contributed by atoms with E-state index in [-0.39, 0.29) is 5.78 Å². The van der Waals surface area contributed by atoms with Gasteiger partial charge in [0.1, 0.15) is 5.69 Å². The number of hydrogen-bond donors (Lipinski definition) is 0. The summed E-state index contributed by atoms with van der Waals surface area (Å²) in [4.78, 5) is 15.0. The molecule has 0 amide bonds. The zero-order chi connectivity index (χ0) is 8.27. The number of alkyl halides is 1. The molecule has 1 aromatic heterocycles. The SMILES string of the molecule is O=C(CBr)c1ncccc1Br. The van der Waals surface area contributed by atoms with Crippen LogP contribution in [0.15, 0.2) is 22.8 Å². The first-order valence-electron chi connectivity index (χ1n) is 2.95. The minimum atomic E-state index is -0.0162. The molecule has 0 bridgehead atoms. The largest absolute Gasteiger partial charge is 0.291 e. The molecule has 11 heavy (non-hydrogen) atoms. The summed E-state index contributed by atoms with van der Waals surface area (Å²) in [6.07, 6.45) is 1.60. The fraction of sp³-hybridized carbons (Fsp3) is 0.143. The normalized spacial score (nSPS) is 9.64. The van der Waals surface area contributed by atoms with E-state index in [2.05, 4.69) is 36.8 Å². The van der Waals surface area contributed by atoms with Gasteiger partial charge in [-0.1, -0.05) is 15.9 Å². The van der Waals surface area contributed by atoms with E-state index in [1.165, 1.54) is 0 Å². The molecular weight excluding hydrogens is 274 g/mol. The number of aromatic nitrogens is 1. The lowest BCUT2D eigenvalue weighted by atomic mass is 10.3. The highest BCUT2D eigenvalue weighted by molar-refractivity contribution is 9.10. The zero-order valence-corrected chi connectivity index (χ0v) is 8.72. The maximum atomic E-state index is 11.1. The molecule has 0 aliphatic rings. The molecule has 0 fully saturated rings. The lowest BCUT2D eigenvalue weighted by Gasteiger charge is -1.97. The fourth-order valence-corrected chi connectivity index (χ4v) is 1.40. The smallest absolute Gasteiger partial charge is 0.192 e. The van der Waals surface area contributed by atoms with Gasteiger partial charge in [-0.15, -0.1) is 0 Å². The van der Waals surface area contributed by atoms with Crippen LogP contribution in [0.4, 0.5) is 0 Å². The highest BCUT2D eigenvalue weighted by Gasteiger charge is 2.07. The van der Waals surface area contributed by atoms with Crippen molar-refractivity contribution in [3.8, 4) is 0 Å². The molecule has 0 saturated carbocycles. The second-order valence-electron chi connectivity index (χ2n) is 1.89. The van der Waals surface area contributed by atoms with Crippen LogP contribution >= 0.6 is 31.9 Å². The van der Waals surface area contributed by atoms with Crippen LogP contribution in [-0.4, -0.2) is 16.1 Å². The van der Waals surface area contributed by atoms with Crippen LogP contribution in [0.2, 0.25) is 0 Å². The Bertz CT molecular complexity index is 275. The van der Waals surface area contributed by atoms with E-state index in [9.17, 15) is 4.79 Å². The zero-order valence-electron chi connectivity index (χ0n) is 5.55. The molecule has 0 aromatic carbocycles. The molecule has 0 radical (unpaired) electrons.